The minimum absolute atomic E-state index is 0. The van der Waals surface area contributed by atoms with Crippen molar-refractivity contribution in [1.82, 2.24) is 10.2 Å². The molecule has 5 heteroatoms. The van der Waals surface area contributed by atoms with Gasteiger partial charge in [-0.05, 0) is 30.5 Å². The van der Waals surface area contributed by atoms with Gasteiger partial charge in [-0.25, -0.2) is 4.39 Å². The van der Waals surface area contributed by atoms with Crippen molar-refractivity contribution >= 4 is 18.3 Å². The Bertz CT molecular complexity index is 438. The molecule has 1 saturated heterocycles. The molecule has 1 aromatic carbocycles. The predicted molar refractivity (Wildman–Crippen MR) is 80.7 cm³/mol. The van der Waals surface area contributed by atoms with Gasteiger partial charge in [0.25, 0.3) is 0 Å². The summed E-state index contributed by atoms with van der Waals surface area (Å²) >= 11 is 0. The number of hydrogen-bond donors (Lipinski definition) is 1. The van der Waals surface area contributed by atoms with E-state index in [9.17, 15) is 9.18 Å². The zero-order chi connectivity index (χ0) is 13.8. The minimum atomic E-state index is -0.238. The summed E-state index contributed by atoms with van der Waals surface area (Å²) in [4.78, 5) is 14.2. The Morgan fingerprint density at radius 3 is 2.70 bits per heavy atom. The van der Waals surface area contributed by atoms with Gasteiger partial charge in [0.1, 0.15) is 5.82 Å². The molecule has 3 nitrogen and oxygen atoms in total. The molecule has 1 amide bonds. The van der Waals surface area contributed by atoms with Crippen LogP contribution in [0.5, 0.6) is 0 Å². The van der Waals surface area contributed by atoms with Crippen LogP contribution in [-0.4, -0.2) is 36.5 Å². The fraction of sp³-hybridized carbons (Fsp3) is 0.533. The van der Waals surface area contributed by atoms with E-state index in [1.165, 1.54) is 12.1 Å². The molecule has 2 atom stereocenters. The van der Waals surface area contributed by atoms with Crippen molar-refractivity contribution in [3.8, 4) is 0 Å². The van der Waals surface area contributed by atoms with Crippen LogP contribution < -0.4 is 5.32 Å². The van der Waals surface area contributed by atoms with E-state index in [1.807, 2.05) is 11.8 Å². The lowest BCUT2D eigenvalue weighted by atomic mass is 9.96. The van der Waals surface area contributed by atoms with Crippen LogP contribution in [0.15, 0.2) is 24.3 Å². The smallest absolute Gasteiger partial charge is 0.223 e. The molecule has 0 saturated carbocycles. The van der Waals surface area contributed by atoms with Crippen LogP contribution in [-0.2, 0) is 4.79 Å². The second-order valence-corrected chi connectivity index (χ2v) is 5.30. The number of nitrogens with zero attached hydrogens (tertiary/aromatic N) is 1. The first-order chi connectivity index (χ1) is 9.08. The third-order valence-electron chi connectivity index (χ3n) is 3.74. The SMILES string of the molecule is CC(CC(=O)N1CCNC[C@H]1C)c1ccc(F)cc1.Cl. The number of rotatable bonds is 3. The summed E-state index contributed by atoms with van der Waals surface area (Å²) in [6.07, 6.45) is 0.482. The molecule has 1 aliphatic rings. The van der Waals surface area contributed by atoms with Gasteiger partial charge in [-0.2, -0.15) is 0 Å². The number of hydrogen-bond acceptors (Lipinski definition) is 2. The number of carbonyl (C=O) groups is 1. The highest BCUT2D eigenvalue weighted by molar-refractivity contribution is 5.85. The molecule has 1 heterocycles. The van der Waals surface area contributed by atoms with Gasteiger partial charge in [-0.15, -0.1) is 12.4 Å². The molecule has 1 fully saturated rings. The number of halogens is 2. The topological polar surface area (TPSA) is 32.3 Å². The van der Waals surface area contributed by atoms with Gasteiger partial charge in [-0.3, -0.25) is 4.79 Å². The summed E-state index contributed by atoms with van der Waals surface area (Å²) in [6.45, 7) is 6.57. The fourth-order valence-corrected chi connectivity index (χ4v) is 2.50. The van der Waals surface area contributed by atoms with E-state index in [0.717, 1.165) is 25.2 Å². The lowest BCUT2D eigenvalue weighted by Gasteiger charge is -2.34. The standard InChI is InChI=1S/C15H21FN2O.ClH/c1-11(13-3-5-14(16)6-4-13)9-15(19)18-8-7-17-10-12(18)2;/h3-6,11-12,17H,7-10H2,1-2H3;1H/t11?,12-;/m1./s1. The van der Waals surface area contributed by atoms with Gasteiger partial charge in [-0.1, -0.05) is 19.1 Å². The molecule has 1 unspecified atom stereocenters. The number of amides is 1. The van der Waals surface area contributed by atoms with Crippen molar-refractivity contribution in [2.45, 2.75) is 32.2 Å². The van der Waals surface area contributed by atoms with Gasteiger partial charge in [0.2, 0.25) is 5.91 Å². The number of benzene rings is 1. The molecule has 1 aromatic rings. The second-order valence-electron chi connectivity index (χ2n) is 5.30. The molecule has 1 N–H and O–H groups in total. The third kappa shape index (κ3) is 4.18. The summed E-state index contributed by atoms with van der Waals surface area (Å²) in [5.41, 5.74) is 1.01. The lowest BCUT2D eigenvalue weighted by Crippen LogP contribution is -2.52. The molecule has 2 rings (SSSR count). The van der Waals surface area contributed by atoms with Gasteiger partial charge in [0.05, 0.1) is 0 Å². The van der Waals surface area contributed by atoms with Crippen LogP contribution in [0, 0.1) is 5.82 Å². The average molecular weight is 301 g/mol. The monoisotopic (exact) mass is 300 g/mol. The van der Waals surface area contributed by atoms with E-state index in [0.29, 0.717) is 6.42 Å². The maximum atomic E-state index is 12.9. The van der Waals surface area contributed by atoms with E-state index in [4.69, 9.17) is 0 Å². The molecule has 0 radical (unpaired) electrons. The van der Waals surface area contributed by atoms with Crippen LogP contribution in [0.4, 0.5) is 4.39 Å². The Morgan fingerprint density at radius 2 is 2.10 bits per heavy atom. The quantitative estimate of drug-likeness (QED) is 0.930. The van der Waals surface area contributed by atoms with Crippen molar-refractivity contribution in [3.63, 3.8) is 0 Å². The molecule has 0 aromatic heterocycles. The second kappa shape index (κ2) is 7.60. The predicted octanol–water partition coefficient (Wildman–Crippen LogP) is 2.56. The van der Waals surface area contributed by atoms with E-state index in [2.05, 4.69) is 12.2 Å². The minimum Gasteiger partial charge on any atom is -0.337 e. The van der Waals surface area contributed by atoms with Gasteiger partial charge in [0, 0.05) is 32.1 Å². The molecule has 0 spiro atoms. The lowest BCUT2D eigenvalue weighted by molar-refractivity contribution is -0.134. The fourth-order valence-electron chi connectivity index (χ4n) is 2.50. The van der Waals surface area contributed by atoms with Gasteiger partial charge in [0.15, 0.2) is 0 Å². The summed E-state index contributed by atoms with van der Waals surface area (Å²) in [5.74, 6) is 0.0685. The van der Waals surface area contributed by atoms with Crippen LogP contribution in [0.3, 0.4) is 0 Å². The Morgan fingerprint density at radius 1 is 1.45 bits per heavy atom. The first kappa shape index (κ1) is 16.9. The molecule has 0 aliphatic carbocycles. The average Bonchev–Trinajstić information content (AvgIpc) is 2.39. The highest BCUT2D eigenvalue weighted by atomic mass is 35.5. The number of nitrogens with one attached hydrogen (secondary N) is 1. The molecule has 1 aliphatic heterocycles. The molecule has 112 valence electrons. The zero-order valence-corrected chi connectivity index (χ0v) is 12.8. The van der Waals surface area contributed by atoms with Gasteiger partial charge >= 0.3 is 0 Å². The third-order valence-corrected chi connectivity index (χ3v) is 3.74. The van der Waals surface area contributed by atoms with Crippen LogP contribution in [0.2, 0.25) is 0 Å². The number of piperazine rings is 1. The van der Waals surface area contributed by atoms with E-state index >= 15 is 0 Å². The van der Waals surface area contributed by atoms with Crippen molar-refractivity contribution in [1.29, 1.82) is 0 Å². The molecule has 0 bridgehead atoms. The first-order valence-corrected chi connectivity index (χ1v) is 6.83. The van der Waals surface area contributed by atoms with E-state index in [-0.39, 0.29) is 36.1 Å². The highest BCUT2D eigenvalue weighted by Gasteiger charge is 2.24. The number of carbonyl (C=O) groups excluding carboxylic acids is 1. The molecular weight excluding hydrogens is 279 g/mol. The summed E-state index contributed by atoms with van der Waals surface area (Å²) < 4.78 is 12.9. The maximum Gasteiger partial charge on any atom is 0.223 e. The van der Waals surface area contributed by atoms with Crippen molar-refractivity contribution in [3.05, 3.63) is 35.6 Å². The zero-order valence-electron chi connectivity index (χ0n) is 11.9. The Labute approximate surface area is 125 Å². The van der Waals surface area contributed by atoms with Crippen LogP contribution in [0.1, 0.15) is 31.7 Å². The highest BCUT2D eigenvalue weighted by Crippen LogP contribution is 2.21. The summed E-state index contributed by atoms with van der Waals surface area (Å²) in [6, 6.07) is 6.66. The summed E-state index contributed by atoms with van der Waals surface area (Å²) in [7, 11) is 0. The van der Waals surface area contributed by atoms with Gasteiger partial charge < -0.3 is 10.2 Å². The van der Waals surface area contributed by atoms with Crippen LogP contribution in [0.25, 0.3) is 0 Å². The van der Waals surface area contributed by atoms with E-state index < -0.39 is 0 Å². The maximum absolute atomic E-state index is 12.9. The Hall–Kier alpha value is -1.13. The van der Waals surface area contributed by atoms with E-state index in [1.54, 1.807) is 12.1 Å². The van der Waals surface area contributed by atoms with Crippen molar-refractivity contribution in [2.24, 2.45) is 0 Å². The van der Waals surface area contributed by atoms with Crippen molar-refractivity contribution in [2.75, 3.05) is 19.6 Å². The summed E-state index contributed by atoms with van der Waals surface area (Å²) in [5, 5.41) is 3.28. The van der Waals surface area contributed by atoms with Crippen LogP contribution >= 0.6 is 12.4 Å². The largest absolute Gasteiger partial charge is 0.337 e. The van der Waals surface area contributed by atoms with Crippen molar-refractivity contribution < 1.29 is 9.18 Å². The Balaban J connectivity index is 0.00000200. The first-order valence-electron chi connectivity index (χ1n) is 6.83. The molecular formula is C15H22ClFN2O. The normalized spacial score (nSPS) is 20.1. The molecule has 20 heavy (non-hydrogen) atoms. The Kier molecular flexibility index (Phi) is 6.43.